The number of nitrogens with two attached hydrogens (primary N) is 1. The molecule has 0 heterocycles. The van der Waals surface area contributed by atoms with Gasteiger partial charge in [0.25, 0.3) is 0 Å². The second-order valence-electron chi connectivity index (χ2n) is 5.54. The van der Waals surface area contributed by atoms with Crippen LogP contribution >= 0.6 is 0 Å². The summed E-state index contributed by atoms with van der Waals surface area (Å²) in [6.45, 7) is 2.58. The first-order valence-electron chi connectivity index (χ1n) is 7.31. The smallest absolute Gasteiger partial charge is 0.136 e. The Bertz CT molecular complexity index is 606. The van der Waals surface area contributed by atoms with Gasteiger partial charge < -0.3 is 10.5 Å². The zero-order valence-electron chi connectivity index (χ0n) is 11.9. The largest absolute Gasteiger partial charge is 0.484 e. The third-order valence-corrected chi connectivity index (χ3v) is 3.98. The first kappa shape index (κ1) is 13.2. The summed E-state index contributed by atoms with van der Waals surface area (Å²) in [6.07, 6.45) is 3.56. The Hall–Kier alpha value is -1.80. The van der Waals surface area contributed by atoms with Crippen molar-refractivity contribution in [1.82, 2.24) is 0 Å². The number of rotatable bonds is 4. The SMILES string of the molecule is Cc1cccc(C(CN)Oc2ccc3c(c2)CCC3)c1. The summed E-state index contributed by atoms with van der Waals surface area (Å²) in [5.41, 5.74) is 11.2. The van der Waals surface area contributed by atoms with Gasteiger partial charge in [0.1, 0.15) is 11.9 Å². The lowest BCUT2D eigenvalue weighted by atomic mass is 10.1. The minimum atomic E-state index is -0.0747. The van der Waals surface area contributed by atoms with Crippen LogP contribution in [0.3, 0.4) is 0 Å². The highest BCUT2D eigenvalue weighted by Crippen LogP contribution is 2.28. The molecule has 1 aliphatic carbocycles. The molecule has 0 fully saturated rings. The second-order valence-corrected chi connectivity index (χ2v) is 5.54. The van der Waals surface area contributed by atoms with E-state index in [1.807, 2.05) is 0 Å². The van der Waals surface area contributed by atoms with Crippen LogP contribution in [0, 0.1) is 6.92 Å². The predicted octanol–water partition coefficient (Wildman–Crippen LogP) is 3.56. The van der Waals surface area contributed by atoms with E-state index >= 15 is 0 Å². The fraction of sp³-hybridized carbons (Fsp3) is 0.333. The number of fused-ring (bicyclic) bond motifs is 1. The normalized spacial score (nSPS) is 14.9. The number of hydrogen-bond acceptors (Lipinski definition) is 2. The molecule has 0 bridgehead atoms. The van der Waals surface area contributed by atoms with Gasteiger partial charge in [-0.25, -0.2) is 0 Å². The van der Waals surface area contributed by atoms with Crippen molar-refractivity contribution in [3.8, 4) is 5.75 Å². The van der Waals surface area contributed by atoms with Crippen LogP contribution in [0.2, 0.25) is 0 Å². The van der Waals surface area contributed by atoms with Crippen LogP contribution in [0.4, 0.5) is 0 Å². The van der Waals surface area contributed by atoms with E-state index in [0.717, 1.165) is 11.3 Å². The van der Waals surface area contributed by atoms with Gasteiger partial charge in [-0.1, -0.05) is 35.9 Å². The Kier molecular flexibility index (Phi) is 3.75. The van der Waals surface area contributed by atoms with Crippen LogP contribution in [-0.4, -0.2) is 6.54 Å². The van der Waals surface area contributed by atoms with E-state index in [2.05, 4.69) is 49.4 Å². The molecular weight excluding hydrogens is 246 g/mol. The molecule has 1 unspecified atom stereocenters. The summed E-state index contributed by atoms with van der Waals surface area (Å²) in [7, 11) is 0. The molecule has 2 aromatic rings. The van der Waals surface area contributed by atoms with E-state index in [9.17, 15) is 0 Å². The van der Waals surface area contributed by atoms with Crippen molar-refractivity contribution < 1.29 is 4.74 Å². The van der Waals surface area contributed by atoms with Crippen molar-refractivity contribution in [2.75, 3.05) is 6.54 Å². The van der Waals surface area contributed by atoms with Crippen molar-refractivity contribution in [2.24, 2.45) is 5.73 Å². The molecule has 1 aliphatic rings. The topological polar surface area (TPSA) is 35.2 Å². The maximum Gasteiger partial charge on any atom is 0.136 e. The summed E-state index contributed by atoms with van der Waals surface area (Å²) in [5, 5.41) is 0. The van der Waals surface area contributed by atoms with E-state index in [1.54, 1.807) is 0 Å². The highest BCUT2D eigenvalue weighted by atomic mass is 16.5. The average Bonchev–Trinajstić information content (AvgIpc) is 2.92. The Labute approximate surface area is 120 Å². The van der Waals surface area contributed by atoms with Gasteiger partial charge in [-0.2, -0.15) is 0 Å². The third-order valence-electron chi connectivity index (χ3n) is 3.98. The van der Waals surface area contributed by atoms with Crippen LogP contribution in [0.1, 0.15) is 34.8 Å². The maximum atomic E-state index is 6.10. The molecule has 2 heteroatoms. The summed E-state index contributed by atoms with van der Waals surface area (Å²) in [4.78, 5) is 0. The standard InChI is InChI=1S/C18H21NO/c1-13-4-2-7-16(10-13)18(12-19)20-17-9-8-14-5-3-6-15(14)11-17/h2,4,7-11,18H,3,5-6,12,19H2,1H3. The molecule has 2 aromatic carbocycles. The van der Waals surface area contributed by atoms with Crippen molar-refractivity contribution >= 4 is 0 Å². The molecule has 2 nitrogen and oxygen atoms in total. The van der Waals surface area contributed by atoms with Crippen molar-refractivity contribution in [1.29, 1.82) is 0 Å². The molecule has 0 aromatic heterocycles. The van der Waals surface area contributed by atoms with Crippen molar-refractivity contribution in [3.05, 3.63) is 64.7 Å². The summed E-state index contributed by atoms with van der Waals surface area (Å²) in [6, 6.07) is 14.8. The third kappa shape index (κ3) is 2.70. The van der Waals surface area contributed by atoms with E-state index in [4.69, 9.17) is 10.5 Å². The van der Waals surface area contributed by atoms with E-state index in [1.165, 1.54) is 36.0 Å². The molecule has 20 heavy (non-hydrogen) atoms. The van der Waals surface area contributed by atoms with E-state index in [-0.39, 0.29) is 6.10 Å². The summed E-state index contributed by atoms with van der Waals surface area (Å²) in [5.74, 6) is 0.933. The van der Waals surface area contributed by atoms with Gasteiger partial charge in [-0.3, -0.25) is 0 Å². The minimum Gasteiger partial charge on any atom is -0.484 e. The van der Waals surface area contributed by atoms with Gasteiger partial charge in [0.2, 0.25) is 0 Å². The second kappa shape index (κ2) is 5.68. The maximum absolute atomic E-state index is 6.10. The Morgan fingerprint density at radius 1 is 1.10 bits per heavy atom. The number of hydrogen-bond donors (Lipinski definition) is 1. The van der Waals surface area contributed by atoms with Gasteiger partial charge in [0, 0.05) is 6.54 Å². The van der Waals surface area contributed by atoms with Crippen LogP contribution < -0.4 is 10.5 Å². The lowest BCUT2D eigenvalue weighted by Crippen LogP contribution is -2.18. The van der Waals surface area contributed by atoms with Crippen LogP contribution in [0.5, 0.6) is 5.75 Å². The molecule has 2 N–H and O–H groups in total. The van der Waals surface area contributed by atoms with E-state index < -0.39 is 0 Å². The lowest BCUT2D eigenvalue weighted by Gasteiger charge is -2.19. The summed E-state index contributed by atoms with van der Waals surface area (Å²) < 4.78 is 6.10. The molecule has 0 radical (unpaired) electrons. The van der Waals surface area contributed by atoms with Crippen molar-refractivity contribution in [2.45, 2.75) is 32.3 Å². The molecule has 104 valence electrons. The van der Waals surface area contributed by atoms with Gasteiger partial charge >= 0.3 is 0 Å². The van der Waals surface area contributed by atoms with Gasteiger partial charge in [0.15, 0.2) is 0 Å². The summed E-state index contributed by atoms with van der Waals surface area (Å²) >= 11 is 0. The number of aryl methyl sites for hydroxylation is 3. The molecule has 3 rings (SSSR count). The molecule has 0 aliphatic heterocycles. The highest BCUT2D eigenvalue weighted by molar-refractivity contribution is 5.39. The molecule has 0 amide bonds. The monoisotopic (exact) mass is 267 g/mol. The van der Waals surface area contributed by atoms with Crippen LogP contribution in [-0.2, 0) is 12.8 Å². The predicted molar refractivity (Wildman–Crippen MR) is 82.1 cm³/mol. The quantitative estimate of drug-likeness (QED) is 0.919. The first-order valence-corrected chi connectivity index (χ1v) is 7.31. The zero-order chi connectivity index (χ0) is 13.9. The van der Waals surface area contributed by atoms with Gasteiger partial charge in [-0.15, -0.1) is 0 Å². The van der Waals surface area contributed by atoms with Crippen molar-refractivity contribution in [3.63, 3.8) is 0 Å². The Morgan fingerprint density at radius 3 is 2.75 bits per heavy atom. The highest BCUT2D eigenvalue weighted by Gasteiger charge is 2.15. The lowest BCUT2D eigenvalue weighted by molar-refractivity contribution is 0.214. The molecule has 1 atom stereocenters. The first-order chi connectivity index (χ1) is 9.76. The van der Waals surface area contributed by atoms with Gasteiger partial charge in [0.05, 0.1) is 0 Å². The van der Waals surface area contributed by atoms with Gasteiger partial charge in [-0.05, 0) is 55.0 Å². The number of ether oxygens (including phenoxy) is 1. The molecule has 0 saturated heterocycles. The Balaban J connectivity index is 1.81. The molecular formula is C18H21NO. The fourth-order valence-electron chi connectivity index (χ4n) is 2.91. The Morgan fingerprint density at radius 2 is 1.95 bits per heavy atom. The fourth-order valence-corrected chi connectivity index (χ4v) is 2.91. The molecule has 0 saturated carbocycles. The van der Waals surface area contributed by atoms with Crippen LogP contribution in [0.15, 0.2) is 42.5 Å². The van der Waals surface area contributed by atoms with Crippen LogP contribution in [0.25, 0.3) is 0 Å². The minimum absolute atomic E-state index is 0.0747. The number of benzene rings is 2. The average molecular weight is 267 g/mol. The van der Waals surface area contributed by atoms with E-state index in [0.29, 0.717) is 6.54 Å². The molecule has 0 spiro atoms. The zero-order valence-corrected chi connectivity index (χ0v) is 11.9.